The molecule has 0 unspecified atom stereocenters. The molecule has 1 heterocycles. The van der Waals surface area contributed by atoms with Crippen molar-refractivity contribution >= 4 is 44.0 Å². The molecular weight excluding hydrogens is 434 g/mol. The summed E-state index contributed by atoms with van der Waals surface area (Å²) in [5, 5.41) is 5.32. The molecule has 1 saturated heterocycles. The maximum Gasteiger partial charge on any atom is 0.244 e. The van der Waals surface area contributed by atoms with Crippen molar-refractivity contribution in [2.45, 2.75) is 11.3 Å². The van der Waals surface area contributed by atoms with Gasteiger partial charge in [-0.25, -0.2) is 8.42 Å². The molecule has 6 nitrogen and oxygen atoms in total. The Labute approximate surface area is 187 Å². The third-order valence-corrected chi connectivity index (χ3v) is 7.90. The number of hydrogen-bond donors (Lipinski definition) is 1. The Kier molecular flexibility index (Phi) is 6.57. The minimum Gasteiger partial charge on any atom is -0.325 e. The van der Waals surface area contributed by atoms with Crippen LogP contribution in [0.3, 0.4) is 0 Å². The Balaban J connectivity index is 1.30. The molecule has 3 aromatic rings. The zero-order valence-electron chi connectivity index (χ0n) is 17.0. The van der Waals surface area contributed by atoms with Gasteiger partial charge in [-0.05, 0) is 23.6 Å². The average molecular weight is 458 g/mol. The van der Waals surface area contributed by atoms with Crippen LogP contribution < -0.4 is 5.32 Å². The number of carbonyl (C=O) groups is 1. The number of fused-ring (bicyclic) bond motifs is 1. The summed E-state index contributed by atoms with van der Waals surface area (Å²) in [6, 6.07) is 20.3. The molecule has 31 heavy (non-hydrogen) atoms. The number of amides is 1. The predicted octanol–water partition coefficient (Wildman–Crippen LogP) is 3.83. The summed E-state index contributed by atoms with van der Waals surface area (Å²) in [5.74, 6) is -0.0533. The fraction of sp³-hybridized carbons (Fsp3) is 0.261. The highest BCUT2D eigenvalue weighted by Gasteiger charge is 2.29. The molecular formula is C23H24ClN3O3S. The van der Waals surface area contributed by atoms with Crippen LogP contribution in [0.4, 0.5) is 5.69 Å². The second kappa shape index (κ2) is 9.36. The fourth-order valence-corrected chi connectivity index (χ4v) is 5.71. The number of halogens is 1. The van der Waals surface area contributed by atoms with E-state index in [9.17, 15) is 13.2 Å². The van der Waals surface area contributed by atoms with Crippen LogP contribution in [0.1, 0.15) is 6.42 Å². The van der Waals surface area contributed by atoms with Gasteiger partial charge in [0, 0.05) is 50.2 Å². The Morgan fingerprint density at radius 2 is 1.58 bits per heavy atom. The van der Waals surface area contributed by atoms with Crippen LogP contribution in [0.15, 0.2) is 71.6 Å². The van der Waals surface area contributed by atoms with Gasteiger partial charge >= 0.3 is 0 Å². The third kappa shape index (κ3) is 4.91. The van der Waals surface area contributed by atoms with E-state index in [0.29, 0.717) is 39.1 Å². The summed E-state index contributed by atoms with van der Waals surface area (Å²) < 4.78 is 27.2. The van der Waals surface area contributed by atoms with Crippen molar-refractivity contribution in [2.24, 2.45) is 0 Å². The standard InChI is InChI=1S/C23H24ClN3O3S/c24-20-9-3-4-11-22(20)31(29,30)27-16-14-26(15-17-27)13-12-23(28)25-21-10-5-7-18-6-1-2-8-19(18)21/h1-11H,12-17H2,(H,25,28). The van der Waals surface area contributed by atoms with E-state index in [-0.39, 0.29) is 15.8 Å². The Morgan fingerprint density at radius 3 is 2.35 bits per heavy atom. The van der Waals surface area contributed by atoms with Gasteiger partial charge in [-0.2, -0.15) is 4.31 Å². The minimum atomic E-state index is -3.61. The zero-order chi connectivity index (χ0) is 21.8. The molecule has 162 valence electrons. The number of nitrogens with zero attached hydrogens (tertiary/aromatic N) is 2. The molecule has 0 spiro atoms. The van der Waals surface area contributed by atoms with Crippen LogP contribution in [-0.2, 0) is 14.8 Å². The number of piperazine rings is 1. The average Bonchev–Trinajstić information content (AvgIpc) is 2.78. The van der Waals surface area contributed by atoms with Gasteiger partial charge in [-0.3, -0.25) is 4.79 Å². The predicted molar refractivity (Wildman–Crippen MR) is 124 cm³/mol. The third-order valence-electron chi connectivity index (χ3n) is 5.50. The molecule has 0 saturated carbocycles. The first-order valence-electron chi connectivity index (χ1n) is 10.2. The van der Waals surface area contributed by atoms with Crippen LogP contribution in [-0.4, -0.2) is 56.3 Å². The van der Waals surface area contributed by atoms with E-state index >= 15 is 0 Å². The van der Waals surface area contributed by atoms with Gasteiger partial charge in [0.25, 0.3) is 0 Å². The summed E-state index contributed by atoms with van der Waals surface area (Å²) in [7, 11) is -3.61. The maximum absolute atomic E-state index is 12.8. The molecule has 1 aliphatic rings. The summed E-state index contributed by atoms with van der Waals surface area (Å²) in [5.41, 5.74) is 0.804. The van der Waals surface area contributed by atoms with Gasteiger partial charge < -0.3 is 10.2 Å². The maximum atomic E-state index is 12.8. The SMILES string of the molecule is O=C(CCN1CCN(S(=O)(=O)c2ccccc2Cl)CC1)Nc1cccc2ccccc12. The van der Waals surface area contributed by atoms with Crippen LogP contribution in [0.25, 0.3) is 10.8 Å². The van der Waals surface area contributed by atoms with E-state index in [1.165, 1.54) is 10.4 Å². The fourth-order valence-electron chi connectivity index (χ4n) is 3.79. The van der Waals surface area contributed by atoms with Crippen molar-refractivity contribution in [2.75, 3.05) is 38.0 Å². The number of hydrogen-bond acceptors (Lipinski definition) is 4. The quantitative estimate of drug-likeness (QED) is 0.610. The van der Waals surface area contributed by atoms with E-state index in [4.69, 9.17) is 11.6 Å². The van der Waals surface area contributed by atoms with Crippen molar-refractivity contribution in [3.8, 4) is 0 Å². The molecule has 0 bridgehead atoms. The molecule has 3 aromatic carbocycles. The molecule has 4 rings (SSSR count). The van der Waals surface area contributed by atoms with E-state index in [0.717, 1.165) is 16.5 Å². The van der Waals surface area contributed by atoms with Crippen molar-refractivity contribution in [3.05, 3.63) is 71.8 Å². The molecule has 0 aliphatic carbocycles. The Morgan fingerprint density at radius 1 is 0.903 bits per heavy atom. The topological polar surface area (TPSA) is 69.7 Å². The van der Waals surface area contributed by atoms with E-state index in [2.05, 4.69) is 10.2 Å². The van der Waals surface area contributed by atoms with Gasteiger partial charge in [0.1, 0.15) is 4.90 Å². The smallest absolute Gasteiger partial charge is 0.244 e. The van der Waals surface area contributed by atoms with Crippen LogP contribution in [0.2, 0.25) is 5.02 Å². The van der Waals surface area contributed by atoms with Crippen LogP contribution >= 0.6 is 11.6 Å². The molecule has 1 N–H and O–H groups in total. The number of carbonyl (C=O) groups excluding carboxylic acids is 1. The lowest BCUT2D eigenvalue weighted by atomic mass is 10.1. The van der Waals surface area contributed by atoms with Gasteiger partial charge in [-0.1, -0.05) is 60.1 Å². The van der Waals surface area contributed by atoms with Crippen LogP contribution in [0.5, 0.6) is 0 Å². The van der Waals surface area contributed by atoms with Crippen molar-refractivity contribution in [1.82, 2.24) is 9.21 Å². The van der Waals surface area contributed by atoms with Crippen molar-refractivity contribution in [1.29, 1.82) is 0 Å². The number of anilines is 1. The van der Waals surface area contributed by atoms with E-state index in [1.54, 1.807) is 18.2 Å². The molecule has 0 atom stereocenters. The number of nitrogens with one attached hydrogen (secondary N) is 1. The first-order valence-corrected chi connectivity index (χ1v) is 12.0. The van der Waals surface area contributed by atoms with Crippen molar-refractivity contribution < 1.29 is 13.2 Å². The highest BCUT2D eigenvalue weighted by molar-refractivity contribution is 7.89. The molecule has 1 aliphatic heterocycles. The molecule has 0 aromatic heterocycles. The summed E-state index contributed by atoms with van der Waals surface area (Å²) in [6.07, 6.45) is 0.348. The van der Waals surface area contributed by atoms with Gasteiger partial charge in [-0.15, -0.1) is 0 Å². The molecule has 1 fully saturated rings. The number of benzene rings is 3. The molecule has 0 radical (unpaired) electrons. The summed E-state index contributed by atoms with van der Waals surface area (Å²) in [4.78, 5) is 14.7. The van der Waals surface area contributed by atoms with E-state index < -0.39 is 10.0 Å². The van der Waals surface area contributed by atoms with Gasteiger partial charge in [0.2, 0.25) is 15.9 Å². The first-order chi connectivity index (χ1) is 14.9. The summed E-state index contributed by atoms with van der Waals surface area (Å²) >= 11 is 6.08. The number of sulfonamides is 1. The normalized spacial score (nSPS) is 15.8. The van der Waals surface area contributed by atoms with Crippen LogP contribution in [0, 0.1) is 0 Å². The highest BCUT2D eigenvalue weighted by atomic mass is 35.5. The lowest BCUT2D eigenvalue weighted by Gasteiger charge is -2.34. The largest absolute Gasteiger partial charge is 0.325 e. The molecule has 8 heteroatoms. The lowest BCUT2D eigenvalue weighted by molar-refractivity contribution is -0.116. The van der Waals surface area contributed by atoms with E-state index in [1.807, 2.05) is 42.5 Å². The Hall–Kier alpha value is -2.45. The highest BCUT2D eigenvalue weighted by Crippen LogP contribution is 2.25. The monoisotopic (exact) mass is 457 g/mol. The minimum absolute atomic E-state index is 0.0533. The second-order valence-electron chi connectivity index (χ2n) is 7.50. The zero-order valence-corrected chi connectivity index (χ0v) is 18.6. The summed E-state index contributed by atoms with van der Waals surface area (Å²) in [6.45, 7) is 2.48. The second-order valence-corrected chi connectivity index (χ2v) is 9.81. The van der Waals surface area contributed by atoms with Crippen molar-refractivity contribution in [3.63, 3.8) is 0 Å². The number of rotatable bonds is 6. The molecule has 1 amide bonds. The lowest BCUT2D eigenvalue weighted by Crippen LogP contribution is -2.49. The van der Waals surface area contributed by atoms with Gasteiger partial charge in [0.15, 0.2) is 0 Å². The first kappa shape index (κ1) is 21.8. The Bertz CT molecular complexity index is 1190. The van der Waals surface area contributed by atoms with Gasteiger partial charge in [0.05, 0.1) is 5.02 Å².